The Balaban J connectivity index is 1.57. The summed E-state index contributed by atoms with van der Waals surface area (Å²) in [4.78, 5) is 38.1. The minimum atomic E-state index is -0.215. The van der Waals surface area contributed by atoms with Gasteiger partial charge in [-0.1, -0.05) is 12.1 Å². The predicted octanol–water partition coefficient (Wildman–Crippen LogP) is 4.90. The molecule has 0 unspecified atom stereocenters. The number of anilines is 2. The van der Waals surface area contributed by atoms with Crippen LogP contribution in [0.3, 0.4) is 0 Å². The van der Waals surface area contributed by atoms with Gasteiger partial charge in [0.05, 0.1) is 16.3 Å². The van der Waals surface area contributed by atoms with E-state index >= 15 is 0 Å². The Morgan fingerprint density at radius 1 is 1.20 bits per heavy atom. The molecule has 1 aromatic heterocycles. The number of thioether (sulfide) groups is 1. The van der Waals surface area contributed by atoms with E-state index in [1.807, 2.05) is 37.4 Å². The van der Waals surface area contributed by atoms with Crippen LogP contribution in [0, 0.1) is 13.8 Å². The first-order valence-electron chi connectivity index (χ1n) is 10.0. The molecule has 0 aliphatic carbocycles. The highest BCUT2D eigenvalue weighted by atomic mass is 32.2. The summed E-state index contributed by atoms with van der Waals surface area (Å²) >= 11 is 2.81. The number of hydrogen-bond donors (Lipinski definition) is 0. The topological polar surface area (TPSA) is 65.9 Å². The summed E-state index contributed by atoms with van der Waals surface area (Å²) in [5.41, 5.74) is 3.66. The van der Waals surface area contributed by atoms with Gasteiger partial charge in [-0.15, -0.1) is 11.3 Å². The van der Waals surface area contributed by atoms with Crippen LogP contribution in [-0.4, -0.2) is 40.0 Å². The molecule has 4 rings (SSSR count). The van der Waals surface area contributed by atoms with Crippen LogP contribution in [0.15, 0.2) is 33.5 Å². The van der Waals surface area contributed by atoms with Gasteiger partial charge < -0.3 is 4.90 Å². The smallest absolute Gasteiger partial charge is 0.286 e. The van der Waals surface area contributed by atoms with Crippen molar-refractivity contribution in [3.05, 3.63) is 45.3 Å². The molecule has 0 saturated carbocycles. The lowest BCUT2D eigenvalue weighted by Crippen LogP contribution is -2.33. The number of aromatic nitrogens is 1. The Bertz CT molecular complexity index is 1050. The molecule has 2 amide bonds. The zero-order valence-electron chi connectivity index (χ0n) is 17.3. The Labute approximate surface area is 184 Å². The minimum Gasteiger partial charge on any atom is -0.351 e. The van der Waals surface area contributed by atoms with E-state index in [1.165, 1.54) is 36.4 Å². The second-order valence-electron chi connectivity index (χ2n) is 7.49. The van der Waals surface area contributed by atoms with Gasteiger partial charge in [-0.05, 0) is 68.1 Å². The third-order valence-corrected chi connectivity index (χ3v) is 7.24. The summed E-state index contributed by atoms with van der Waals surface area (Å²) < 4.78 is 0. The Kier molecular flexibility index (Phi) is 6.06. The molecule has 1 aromatic carbocycles. The molecular weight excluding hydrogens is 416 g/mol. The zero-order chi connectivity index (χ0) is 21.3. The van der Waals surface area contributed by atoms with E-state index in [1.54, 1.807) is 11.0 Å². The molecule has 8 heteroatoms. The quantitative estimate of drug-likeness (QED) is 0.635. The molecular formula is C22H24N4O2S2. The van der Waals surface area contributed by atoms with E-state index < -0.39 is 0 Å². The van der Waals surface area contributed by atoms with E-state index in [0.717, 1.165) is 47.9 Å². The normalized spacial score (nSPS) is 18.1. The third-order valence-electron chi connectivity index (χ3n) is 5.35. The van der Waals surface area contributed by atoms with Crippen LogP contribution in [0.25, 0.3) is 6.08 Å². The molecule has 0 bridgehead atoms. The van der Waals surface area contributed by atoms with Crippen LogP contribution in [0.5, 0.6) is 0 Å². The van der Waals surface area contributed by atoms with Gasteiger partial charge in [-0.2, -0.15) is 4.99 Å². The van der Waals surface area contributed by atoms with Gasteiger partial charge in [0.2, 0.25) is 5.91 Å². The average molecular weight is 441 g/mol. The molecule has 1 fully saturated rings. The first-order chi connectivity index (χ1) is 14.4. The van der Waals surface area contributed by atoms with Gasteiger partial charge in [0.1, 0.15) is 0 Å². The average Bonchev–Trinajstić information content (AvgIpc) is 3.33. The number of rotatable bonds is 3. The van der Waals surface area contributed by atoms with Crippen molar-refractivity contribution in [1.82, 2.24) is 9.88 Å². The summed E-state index contributed by atoms with van der Waals surface area (Å²) in [6.07, 6.45) is 5.29. The molecule has 0 N–H and O–H groups in total. The molecule has 0 atom stereocenters. The van der Waals surface area contributed by atoms with E-state index in [2.05, 4.69) is 14.9 Å². The van der Waals surface area contributed by atoms with Gasteiger partial charge in [0.15, 0.2) is 10.3 Å². The number of amides is 2. The predicted molar refractivity (Wildman–Crippen MR) is 124 cm³/mol. The van der Waals surface area contributed by atoms with Crippen molar-refractivity contribution < 1.29 is 9.59 Å². The lowest BCUT2D eigenvalue weighted by Gasteiger charge is -2.27. The highest BCUT2D eigenvalue weighted by molar-refractivity contribution is 8.18. The van der Waals surface area contributed by atoms with Gasteiger partial charge in [-0.3, -0.25) is 14.5 Å². The van der Waals surface area contributed by atoms with Crippen LogP contribution in [0.2, 0.25) is 0 Å². The minimum absolute atomic E-state index is 0.0979. The van der Waals surface area contributed by atoms with Gasteiger partial charge in [-0.25, -0.2) is 4.98 Å². The zero-order valence-corrected chi connectivity index (χ0v) is 19.0. The Morgan fingerprint density at radius 2 is 1.97 bits per heavy atom. The number of amidine groups is 1. The lowest BCUT2D eigenvalue weighted by atomic mass is 10.1. The van der Waals surface area contributed by atoms with Crippen LogP contribution < -0.4 is 4.90 Å². The molecule has 2 aromatic rings. The van der Waals surface area contributed by atoms with Crippen LogP contribution in [0.1, 0.15) is 43.0 Å². The Morgan fingerprint density at radius 3 is 2.70 bits per heavy atom. The molecule has 0 spiro atoms. The largest absolute Gasteiger partial charge is 0.351 e. The second-order valence-corrected chi connectivity index (χ2v) is 9.33. The maximum absolute atomic E-state index is 12.4. The molecule has 0 radical (unpaired) electrons. The second kappa shape index (κ2) is 8.73. The number of nitrogens with zero attached hydrogens (tertiary/aromatic N) is 4. The SMILES string of the molecule is CC(=O)N(c1nc(/C=C2\SC(N3CCCCC3)=NC2=O)cs1)c1cccc(C)c1C. The van der Waals surface area contributed by atoms with E-state index in [4.69, 9.17) is 0 Å². The number of hydrogen-bond acceptors (Lipinski definition) is 6. The highest BCUT2D eigenvalue weighted by Gasteiger charge is 2.27. The fourth-order valence-electron chi connectivity index (χ4n) is 3.58. The van der Waals surface area contributed by atoms with E-state index in [9.17, 15) is 9.59 Å². The van der Waals surface area contributed by atoms with Crippen LogP contribution in [-0.2, 0) is 9.59 Å². The number of likely N-dealkylation sites (tertiary alicyclic amines) is 1. The molecule has 30 heavy (non-hydrogen) atoms. The number of carbonyl (C=O) groups is 2. The van der Waals surface area contributed by atoms with Crippen molar-refractivity contribution in [2.24, 2.45) is 4.99 Å². The van der Waals surface area contributed by atoms with Crippen molar-refractivity contribution in [3.8, 4) is 0 Å². The highest BCUT2D eigenvalue weighted by Crippen LogP contribution is 2.35. The van der Waals surface area contributed by atoms with Crippen molar-refractivity contribution in [3.63, 3.8) is 0 Å². The maximum Gasteiger partial charge on any atom is 0.286 e. The van der Waals surface area contributed by atoms with Crippen LogP contribution >= 0.6 is 23.1 Å². The number of piperidine rings is 1. The summed E-state index contributed by atoms with van der Waals surface area (Å²) in [6, 6.07) is 5.90. The van der Waals surface area contributed by atoms with Crippen LogP contribution in [0.4, 0.5) is 10.8 Å². The van der Waals surface area contributed by atoms with Crippen molar-refractivity contribution >= 4 is 57.0 Å². The van der Waals surface area contributed by atoms with Gasteiger partial charge in [0.25, 0.3) is 5.91 Å². The van der Waals surface area contributed by atoms with Crippen molar-refractivity contribution in [2.75, 3.05) is 18.0 Å². The summed E-state index contributed by atoms with van der Waals surface area (Å²) in [5, 5.41) is 3.26. The fraction of sp³-hybridized carbons (Fsp3) is 0.364. The number of aryl methyl sites for hydroxylation is 1. The number of aliphatic imine (C=N–C) groups is 1. The van der Waals surface area contributed by atoms with Crippen molar-refractivity contribution in [1.29, 1.82) is 0 Å². The maximum atomic E-state index is 12.4. The lowest BCUT2D eigenvalue weighted by molar-refractivity contribution is -0.116. The van der Waals surface area contributed by atoms with E-state index in [0.29, 0.717) is 15.7 Å². The monoisotopic (exact) mass is 440 g/mol. The summed E-state index contributed by atoms with van der Waals surface area (Å²) in [5.74, 6) is -0.313. The standard InChI is InChI=1S/C22H24N4O2S2/c1-14-8-7-9-18(15(14)2)26(16(3)27)22-23-17(13-29-22)12-19-20(28)24-21(30-19)25-10-5-4-6-11-25/h7-9,12-13H,4-6,10-11H2,1-3H3/b19-12-. The van der Waals surface area contributed by atoms with Crippen molar-refractivity contribution in [2.45, 2.75) is 40.0 Å². The number of thiazole rings is 1. The third kappa shape index (κ3) is 4.20. The van der Waals surface area contributed by atoms with Gasteiger partial charge >= 0.3 is 0 Å². The molecule has 6 nitrogen and oxygen atoms in total. The number of carbonyl (C=O) groups excluding carboxylic acids is 2. The molecule has 2 aliphatic rings. The molecule has 1 saturated heterocycles. The molecule has 156 valence electrons. The first kappa shape index (κ1) is 20.8. The summed E-state index contributed by atoms with van der Waals surface area (Å²) in [7, 11) is 0. The molecule has 2 aliphatic heterocycles. The molecule has 3 heterocycles. The summed E-state index contributed by atoms with van der Waals surface area (Å²) in [6.45, 7) is 7.48. The van der Waals surface area contributed by atoms with E-state index in [-0.39, 0.29) is 11.8 Å². The van der Waals surface area contributed by atoms with Gasteiger partial charge in [0, 0.05) is 25.4 Å². The Hall–Kier alpha value is -2.45. The first-order valence-corrected chi connectivity index (χ1v) is 11.7. The number of benzene rings is 1. The fourth-order valence-corrected chi connectivity index (χ4v) is 5.37.